The molecule has 0 saturated carbocycles. The van der Waals surface area contributed by atoms with Gasteiger partial charge in [-0.05, 0) is 32.0 Å². The lowest BCUT2D eigenvalue weighted by Crippen LogP contribution is -2.35. The molecule has 2 N–H and O–H groups in total. The quantitative estimate of drug-likeness (QED) is 0.711. The van der Waals surface area contributed by atoms with Crippen molar-refractivity contribution in [3.05, 3.63) is 42.9 Å². The number of fused-ring (bicyclic) bond motifs is 2. The molecule has 5 heteroatoms. The summed E-state index contributed by atoms with van der Waals surface area (Å²) in [6, 6.07) is 6.06. The molecule has 5 nitrogen and oxygen atoms in total. The van der Waals surface area contributed by atoms with Crippen molar-refractivity contribution in [2.75, 3.05) is 0 Å². The monoisotopic (exact) mass is 265 g/mol. The van der Waals surface area contributed by atoms with Gasteiger partial charge in [-0.3, -0.25) is 0 Å². The minimum Gasteiger partial charge on any atom is -0.360 e. The standard InChI is InChI=1S/C15H15N5/c1-9-13-7-12(19-20(13)15(2,3)18-9)11-8-17-14-10(11)5-4-6-16-14/h4-8,18H,1H2,2-3H3,(H,16,17). The van der Waals surface area contributed by atoms with Crippen molar-refractivity contribution in [1.29, 1.82) is 0 Å². The number of hydrogen-bond donors (Lipinski definition) is 2. The van der Waals surface area contributed by atoms with E-state index in [-0.39, 0.29) is 5.66 Å². The van der Waals surface area contributed by atoms with Gasteiger partial charge in [0.25, 0.3) is 0 Å². The lowest BCUT2D eigenvalue weighted by Gasteiger charge is -2.20. The van der Waals surface area contributed by atoms with Crippen LogP contribution < -0.4 is 5.32 Å². The molecule has 0 bridgehead atoms. The van der Waals surface area contributed by atoms with E-state index >= 15 is 0 Å². The Labute approximate surface area is 116 Å². The van der Waals surface area contributed by atoms with Crippen molar-refractivity contribution in [3.63, 3.8) is 0 Å². The number of pyridine rings is 1. The molecular weight excluding hydrogens is 250 g/mol. The molecule has 0 radical (unpaired) electrons. The third kappa shape index (κ3) is 1.37. The normalized spacial score (nSPS) is 16.4. The van der Waals surface area contributed by atoms with Gasteiger partial charge in [0.2, 0.25) is 0 Å². The minimum atomic E-state index is -0.241. The van der Waals surface area contributed by atoms with Gasteiger partial charge < -0.3 is 10.3 Å². The van der Waals surface area contributed by atoms with Gasteiger partial charge in [0.05, 0.1) is 17.1 Å². The molecule has 4 rings (SSSR count). The van der Waals surface area contributed by atoms with Gasteiger partial charge in [0, 0.05) is 23.3 Å². The Bertz CT molecular complexity index is 837. The molecule has 0 spiro atoms. The molecule has 1 aliphatic rings. The molecule has 3 aromatic heterocycles. The van der Waals surface area contributed by atoms with Crippen LogP contribution in [0.25, 0.3) is 28.0 Å². The molecular formula is C15H15N5. The summed E-state index contributed by atoms with van der Waals surface area (Å²) >= 11 is 0. The lowest BCUT2D eigenvalue weighted by atomic mass is 10.1. The van der Waals surface area contributed by atoms with Crippen molar-refractivity contribution in [2.24, 2.45) is 0 Å². The number of aromatic amines is 1. The molecule has 4 heterocycles. The summed E-state index contributed by atoms with van der Waals surface area (Å²) < 4.78 is 1.99. The molecule has 0 atom stereocenters. The van der Waals surface area contributed by atoms with E-state index in [2.05, 4.69) is 47.8 Å². The summed E-state index contributed by atoms with van der Waals surface area (Å²) in [6.45, 7) is 8.23. The predicted octanol–water partition coefficient (Wildman–Crippen LogP) is 2.69. The summed E-state index contributed by atoms with van der Waals surface area (Å²) in [5.41, 5.74) is 4.59. The van der Waals surface area contributed by atoms with Gasteiger partial charge in [0.15, 0.2) is 0 Å². The first-order valence-corrected chi connectivity index (χ1v) is 6.57. The third-order valence-corrected chi connectivity index (χ3v) is 3.73. The maximum absolute atomic E-state index is 4.73. The van der Waals surface area contributed by atoms with Crippen LogP contribution in [0.3, 0.4) is 0 Å². The van der Waals surface area contributed by atoms with E-state index in [0.717, 1.165) is 33.7 Å². The van der Waals surface area contributed by atoms with Gasteiger partial charge in [-0.15, -0.1) is 0 Å². The molecule has 0 aliphatic carbocycles. The van der Waals surface area contributed by atoms with Gasteiger partial charge in [0.1, 0.15) is 11.3 Å². The highest BCUT2D eigenvalue weighted by Crippen LogP contribution is 2.34. The van der Waals surface area contributed by atoms with Crippen molar-refractivity contribution < 1.29 is 0 Å². The third-order valence-electron chi connectivity index (χ3n) is 3.73. The van der Waals surface area contributed by atoms with Crippen LogP contribution in [-0.4, -0.2) is 19.7 Å². The largest absolute Gasteiger partial charge is 0.360 e. The second-order valence-corrected chi connectivity index (χ2v) is 5.59. The number of aromatic nitrogens is 4. The Balaban J connectivity index is 1.93. The molecule has 20 heavy (non-hydrogen) atoms. The van der Waals surface area contributed by atoms with E-state index in [0.29, 0.717) is 0 Å². The number of nitrogens with one attached hydrogen (secondary N) is 2. The highest BCUT2D eigenvalue weighted by atomic mass is 15.4. The zero-order valence-electron chi connectivity index (χ0n) is 11.4. The Hall–Kier alpha value is -2.56. The Kier molecular flexibility index (Phi) is 1.98. The Morgan fingerprint density at radius 1 is 1.35 bits per heavy atom. The number of rotatable bonds is 1. The fraction of sp³-hybridized carbons (Fsp3) is 0.200. The number of hydrogen-bond acceptors (Lipinski definition) is 3. The second kappa shape index (κ2) is 3.50. The highest BCUT2D eigenvalue weighted by molar-refractivity contribution is 5.92. The van der Waals surface area contributed by atoms with Gasteiger partial charge in [-0.2, -0.15) is 5.10 Å². The summed E-state index contributed by atoms with van der Waals surface area (Å²) in [4.78, 5) is 7.50. The first-order chi connectivity index (χ1) is 9.56. The molecule has 1 aliphatic heterocycles. The van der Waals surface area contributed by atoms with E-state index in [1.165, 1.54) is 0 Å². The minimum absolute atomic E-state index is 0.241. The van der Waals surface area contributed by atoms with Crippen LogP contribution in [0.15, 0.2) is 37.2 Å². The van der Waals surface area contributed by atoms with Crippen LogP contribution in [-0.2, 0) is 5.66 Å². The maximum atomic E-state index is 4.73. The van der Waals surface area contributed by atoms with E-state index in [9.17, 15) is 0 Å². The van der Waals surface area contributed by atoms with Crippen molar-refractivity contribution in [3.8, 4) is 11.3 Å². The lowest BCUT2D eigenvalue weighted by molar-refractivity contribution is 0.312. The molecule has 3 aromatic rings. The number of H-pyrrole nitrogens is 1. The molecule has 0 fully saturated rings. The average molecular weight is 265 g/mol. The van der Waals surface area contributed by atoms with E-state index in [1.54, 1.807) is 6.20 Å². The molecule has 100 valence electrons. The summed E-state index contributed by atoms with van der Waals surface area (Å²) in [5.74, 6) is 0. The first-order valence-electron chi connectivity index (χ1n) is 6.57. The van der Waals surface area contributed by atoms with Crippen LogP contribution in [0, 0.1) is 0 Å². The van der Waals surface area contributed by atoms with Crippen molar-refractivity contribution in [1.82, 2.24) is 25.1 Å². The Morgan fingerprint density at radius 3 is 3.00 bits per heavy atom. The van der Waals surface area contributed by atoms with E-state index < -0.39 is 0 Å². The number of nitrogens with zero attached hydrogens (tertiary/aromatic N) is 3. The summed E-state index contributed by atoms with van der Waals surface area (Å²) in [6.07, 6.45) is 3.74. The smallest absolute Gasteiger partial charge is 0.137 e. The fourth-order valence-electron chi connectivity index (χ4n) is 2.81. The van der Waals surface area contributed by atoms with E-state index in [1.807, 2.05) is 16.9 Å². The molecule has 0 saturated heterocycles. The van der Waals surface area contributed by atoms with Crippen LogP contribution in [0.5, 0.6) is 0 Å². The first kappa shape index (κ1) is 11.3. The van der Waals surface area contributed by atoms with Crippen LogP contribution in [0.1, 0.15) is 19.5 Å². The zero-order valence-corrected chi connectivity index (χ0v) is 11.4. The fourth-order valence-corrected chi connectivity index (χ4v) is 2.81. The average Bonchev–Trinajstić information content (AvgIpc) is 3.05. The maximum Gasteiger partial charge on any atom is 0.137 e. The highest BCUT2D eigenvalue weighted by Gasteiger charge is 2.33. The predicted molar refractivity (Wildman–Crippen MR) is 78.8 cm³/mol. The summed E-state index contributed by atoms with van der Waals surface area (Å²) in [5, 5.41) is 9.15. The zero-order chi connectivity index (χ0) is 13.9. The molecule has 0 amide bonds. The van der Waals surface area contributed by atoms with Gasteiger partial charge >= 0.3 is 0 Å². The topological polar surface area (TPSA) is 58.5 Å². The molecule has 0 aromatic carbocycles. The van der Waals surface area contributed by atoms with Crippen LogP contribution in [0.2, 0.25) is 0 Å². The van der Waals surface area contributed by atoms with Crippen molar-refractivity contribution >= 4 is 16.7 Å². The van der Waals surface area contributed by atoms with Gasteiger partial charge in [-0.1, -0.05) is 6.58 Å². The Morgan fingerprint density at radius 2 is 2.20 bits per heavy atom. The summed E-state index contributed by atoms with van der Waals surface area (Å²) in [7, 11) is 0. The second-order valence-electron chi connectivity index (χ2n) is 5.59. The SMILES string of the molecule is C=C1NC(C)(C)n2nc(-c3c[nH]c4ncccc34)cc21. The van der Waals surface area contributed by atoms with Crippen molar-refractivity contribution in [2.45, 2.75) is 19.5 Å². The van der Waals surface area contributed by atoms with E-state index in [4.69, 9.17) is 5.10 Å². The van der Waals surface area contributed by atoms with Gasteiger partial charge in [-0.25, -0.2) is 9.67 Å². The molecule has 0 unspecified atom stereocenters. The van der Waals surface area contributed by atoms with Crippen LogP contribution >= 0.6 is 0 Å². The van der Waals surface area contributed by atoms with Crippen LogP contribution in [0.4, 0.5) is 0 Å².